The molecule has 1 aliphatic carbocycles. The molecular formula is C23H28FN3O2. The third-order valence-corrected chi connectivity index (χ3v) is 6.20. The van der Waals surface area contributed by atoms with Gasteiger partial charge in [-0.3, -0.25) is 9.59 Å². The van der Waals surface area contributed by atoms with Gasteiger partial charge in [-0.1, -0.05) is 50.2 Å². The maximum atomic E-state index is 14.1. The maximum absolute atomic E-state index is 14.1. The highest BCUT2D eigenvalue weighted by Crippen LogP contribution is 2.59. The molecule has 0 bridgehead atoms. The molecule has 3 rings (SSSR count). The summed E-state index contributed by atoms with van der Waals surface area (Å²) in [5, 5.41) is 5.35. The number of benzene rings is 2. The fourth-order valence-corrected chi connectivity index (χ4v) is 4.19. The second-order valence-corrected chi connectivity index (χ2v) is 8.02. The first-order chi connectivity index (χ1) is 13.8. The number of rotatable bonds is 7. The molecule has 2 aromatic rings. The van der Waals surface area contributed by atoms with Crippen LogP contribution in [0.1, 0.15) is 35.3 Å². The van der Waals surface area contributed by atoms with Crippen molar-refractivity contribution < 1.29 is 14.0 Å². The van der Waals surface area contributed by atoms with Gasteiger partial charge in [0.1, 0.15) is 5.82 Å². The monoisotopic (exact) mass is 397 g/mol. The lowest BCUT2D eigenvalue weighted by molar-refractivity contribution is -0.123. The number of carbonyl (C=O) groups excluding carboxylic acids is 2. The summed E-state index contributed by atoms with van der Waals surface area (Å²) < 4.78 is 14.1. The predicted molar refractivity (Wildman–Crippen MR) is 111 cm³/mol. The van der Waals surface area contributed by atoms with E-state index in [-0.39, 0.29) is 34.8 Å². The summed E-state index contributed by atoms with van der Waals surface area (Å²) in [6.07, 6.45) is 0.404. The number of hydrogen-bond donors (Lipinski definition) is 3. The van der Waals surface area contributed by atoms with Crippen LogP contribution in [0.5, 0.6) is 0 Å². The van der Waals surface area contributed by atoms with E-state index in [9.17, 15) is 14.0 Å². The first-order valence-corrected chi connectivity index (χ1v) is 9.88. The standard InChI is InChI=1S/C23H28FN3O2/c1-14-20(23(14,2)16-7-5-4-6-8-16)22(29)27-13-17(25)11-15-9-10-18(19(24)12-15)21(28)26-3/h4-10,12,14,17,20H,11,13,25H2,1-3H3,(H,26,28)(H,27,29)/t14-,17-,20-,23-/m0/s1. The lowest BCUT2D eigenvalue weighted by Crippen LogP contribution is -2.40. The van der Waals surface area contributed by atoms with E-state index < -0.39 is 11.7 Å². The summed E-state index contributed by atoms with van der Waals surface area (Å²) in [5.41, 5.74) is 7.84. The molecule has 0 saturated heterocycles. The van der Waals surface area contributed by atoms with Gasteiger partial charge in [0.05, 0.1) is 11.5 Å². The summed E-state index contributed by atoms with van der Waals surface area (Å²) in [4.78, 5) is 24.3. The van der Waals surface area contributed by atoms with Crippen molar-refractivity contribution in [1.29, 1.82) is 0 Å². The van der Waals surface area contributed by atoms with Crippen LogP contribution in [0.15, 0.2) is 48.5 Å². The minimum absolute atomic E-state index is 0.000415. The first-order valence-electron chi connectivity index (χ1n) is 9.88. The molecule has 154 valence electrons. The maximum Gasteiger partial charge on any atom is 0.253 e. The van der Waals surface area contributed by atoms with Crippen LogP contribution in [0, 0.1) is 17.7 Å². The van der Waals surface area contributed by atoms with E-state index in [0.29, 0.717) is 18.5 Å². The number of nitrogens with one attached hydrogen (secondary N) is 2. The quantitative estimate of drug-likeness (QED) is 0.671. The zero-order valence-corrected chi connectivity index (χ0v) is 17.0. The van der Waals surface area contributed by atoms with Crippen LogP contribution in [-0.4, -0.2) is 31.4 Å². The number of nitrogens with two attached hydrogens (primary N) is 1. The lowest BCUT2D eigenvalue weighted by Gasteiger charge is -2.15. The summed E-state index contributed by atoms with van der Waals surface area (Å²) in [6, 6.07) is 14.2. The molecule has 29 heavy (non-hydrogen) atoms. The van der Waals surface area contributed by atoms with Gasteiger partial charge in [-0.2, -0.15) is 0 Å². The molecule has 0 radical (unpaired) electrons. The van der Waals surface area contributed by atoms with Crippen molar-refractivity contribution in [3.63, 3.8) is 0 Å². The number of carbonyl (C=O) groups is 2. The molecule has 2 aromatic carbocycles. The predicted octanol–water partition coefficient (Wildman–Crippen LogP) is 2.40. The average Bonchev–Trinajstić information content (AvgIpc) is 3.28. The van der Waals surface area contributed by atoms with Crippen molar-refractivity contribution in [1.82, 2.24) is 10.6 Å². The normalized spacial score (nSPS) is 23.9. The Kier molecular flexibility index (Phi) is 6.03. The van der Waals surface area contributed by atoms with Gasteiger partial charge in [0, 0.05) is 25.0 Å². The van der Waals surface area contributed by atoms with E-state index >= 15 is 0 Å². The van der Waals surface area contributed by atoms with Crippen LogP contribution in [0.3, 0.4) is 0 Å². The molecule has 0 aliphatic heterocycles. The molecule has 4 N–H and O–H groups in total. The lowest BCUT2D eigenvalue weighted by atomic mass is 9.94. The Morgan fingerprint density at radius 1 is 1.21 bits per heavy atom. The van der Waals surface area contributed by atoms with Gasteiger partial charge >= 0.3 is 0 Å². The Balaban J connectivity index is 1.55. The van der Waals surface area contributed by atoms with E-state index in [1.165, 1.54) is 24.7 Å². The number of hydrogen-bond acceptors (Lipinski definition) is 3. The summed E-state index contributed by atoms with van der Waals surface area (Å²) in [5.74, 6) is -0.872. The van der Waals surface area contributed by atoms with Crippen LogP contribution in [0.25, 0.3) is 0 Å². The Morgan fingerprint density at radius 3 is 2.52 bits per heavy atom. The Morgan fingerprint density at radius 2 is 1.90 bits per heavy atom. The van der Waals surface area contributed by atoms with Crippen LogP contribution < -0.4 is 16.4 Å². The minimum Gasteiger partial charge on any atom is -0.355 e. The van der Waals surface area contributed by atoms with Crippen molar-refractivity contribution in [2.75, 3.05) is 13.6 Å². The van der Waals surface area contributed by atoms with Crippen molar-refractivity contribution >= 4 is 11.8 Å². The number of amides is 2. The molecule has 6 heteroatoms. The first kappa shape index (κ1) is 21.0. The Labute approximate surface area is 170 Å². The summed E-state index contributed by atoms with van der Waals surface area (Å²) >= 11 is 0. The van der Waals surface area contributed by atoms with E-state index in [2.05, 4.69) is 36.6 Å². The van der Waals surface area contributed by atoms with Gasteiger partial charge < -0.3 is 16.4 Å². The molecule has 5 nitrogen and oxygen atoms in total. The van der Waals surface area contributed by atoms with Crippen molar-refractivity contribution in [3.8, 4) is 0 Å². The molecule has 4 atom stereocenters. The Bertz CT molecular complexity index is 902. The fraction of sp³-hybridized carbons (Fsp3) is 0.391. The SMILES string of the molecule is CNC(=O)c1ccc(C[C@H](N)CNC(=O)[C@@H]2[C@H](C)[C@@]2(C)c2ccccc2)cc1F. The third-order valence-electron chi connectivity index (χ3n) is 6.20. The zero-order chi connectivity index (χ0) is 21.2. The van der Waals surface area contributed by atoms with Crippen LogP contribution >= 0.6 is 0 Å². The fourth-order valence-electron chi connectivity index (χ4n) is 4.19. The van der Waals surface area contributed by atoms with E-state index in [1.807, 2.05) is 18.2 Å². The van der Waals surface area contributed by atoms with Crippen molar-refractivity contribution in [3.05, 3.63) is 71.0 Å². The van der Waals surface area contributed by atoms with Gasteiger partial charge in [0.2, 0.25) is 5.91 Å². The van der Waals surface area contributed by atoms with E-state index in [1.54, 1.807) is 6.07 Å². The highest BCUT2D eigenvalue weighted by Gasteiger charge is 2.62. The van der Waals surface area contributed by atoms with Crippen molar-refractivity contribution in [2.45, 2.75) is 31.7 Å². The van der Waals surface area contributed by atoms with Gasteiger partial charge in [-0.15, -0.1) is 0 Å². The molecular weight excluding hydrogens is 369 g/mol. The van der Waals surface area contributed by atoms with Gasteiger partial charge in [-0.05, 0) is 35.6 Å². The molecule has 0 spiro atoms. The molecule has 0 unspecified atom stereocenters. The van der Waals surface area contributed by atoms with Crippen molar-refractivity contribution in [2.24, 2.45) is 17.6 Å². The second kappa shape index (κ2) is 8.33. The van der Waals surface area contributed by atoms with Gasteiger partial charge in [-0.25, -0.2) is 4.39 Å². The average molecular weight is 397 g/mol. The van der Waals surface area contributed by atoms with Crippen LogP contribution in [-0.2, 0) is 16.6 Å². The zero-order valence-electron chi connectivity index (χ0n) is 17.0. The van der Waals surface area contributed by atoms with Crippen LogP contribution in [0.4, 0.5) is 4.39 Å². The topological polar surface area (TPSA) is 84.2 Å². The second-order valence-electron chi connectivity index (χ2n) is 8.02. The molecule has 1 aliphatic rings. The van der Waals surface area contributed by atoms with E-state index in [4.69, 9.17) is 5.73 Å². The highest BCUT2D eigenvalue weighted by molar-refractivity contribution is 5.94. The van der Waals surface area contributed by atoms with Crippen LogP contribution in [0.2, 0.25) is 0 Å². The minimum atomic E-state index is -0.580. The van der Waals surface area contributed by atoms with Gasteiger partial charge in [0.25, 0.3) is 5.91 Å². The molecule has 1 fully saturated rings. The molecule has 0 heterocycles. The van der Waals surface area contributed by atoms with E-state index in [0.717, 1.165) is 0 Å². The number of halogens is 1. The smallest absolute Gasteiger partial charge is 0.253 e. The highest BCUT2D eigenvalue weighted by atomic mass is 19.1. The summed E-state index contributed by atoms with van der Waals surface area (Å²) in [6.45, 7) is 4.52. The largest absolute Gasteiger partial charge is 0.355 e. The van der Waals surface area contributed by atoms with Gasteiger partial charge in [0.15, 0.2) is 0 Å². The molecule has 2 amide bonds. The molecule has 0 aromatic heterocycles. The third kappa shape index (κ3) is 4.17. The molecule has 1 saturated carbocycles. The summed E-state index contributed by atoms with van der Waals surface area (Å²) in [7, 11) is 1.46. The Hall–Kier alpha value is -2.73.